The van der Waals surface area contributed by atoms with E-state index in [4.69, 9.17) is 5.73 Å². The molecule has 3 N–H and O–H groups in total. The molecule has 5 nitrogen and oxygen atoms in total. The fraction of sp³-hybridized carbons (Fsp3) is 0.231. The minimum Gasteiger partial charge on any atom is -0.382 e. The molecule has 8 heteroatoms. The zero-order valence-corrected chi connectivity index (χ0v) is 12.3. The van der Waals surface area contributed by atoms with Crippen LogP contribution in [0.1, 0.15) is 16.6 Å². The minimum absolute atomic E-state index is 0.107. The molecule has 0 aliphatic carbocycles. The first-order valence-corrected chi connectivity index (χ1v) is 6.97. The number of halogens is 2. The summed E-state index contributed by atoms with van der Waals surface area (Å²) in [6.45, 7) is 2.66. The fourth-order valence-electron chi connectivity index (χ4n) is 1.54. The van der Waals surface area contributed by atoms with Crippen LogP contribution in [-0.4, -0.2) is 24.5 Å². The molecule has 0 aliphatic rings. The number of hydrogen-bond donors (Lipinski definition) is 2. The average Bonchev–Trinajstić information content (AvgIpc) is 2.84. The maximum Gasteiger partial charge on any atom is 0.269 e. The van der Waals surface area contributed by atoms with Crippen molar-refractivity contribution < 1.29 is 13.6 Å². The first-order valence-electron chi connectivity index (χ1n) is 6.16. The zero-order chi connectivity index (χ0) is 15.6. The molecule has 0 atom stereocenters. The Balaban J connectivity index is 2.20. The molecule has 1 aromatic carbocycles. The second-order valence-electron chi connectivity index (χ2n) is 4.31. The van der Waals surface area contributed by atoms with Gasteiger partial charge in [-0.1, -0.05) is 11.3 Å². The molecule has 21 heavy (non-hydrogen) atoms. The maximum absolute atomic E-state index is 13.1. The first kappa shape index (κ1) is 15.2. The van der Waals surface area contributed by atoms with Gasteiger partial charge in [0.1, 0.15) is 10.7 Å². The number of nitrogens with one attached hydrogen (secondary N) is 1. The number of thiazole rings is 1. The molecule has 1 aromatic heterocycles. The van der Waals surface area contributed by atoms with Crippen molar-refractivity contribution in [2.75, 3.05) is 29.5 Å². The summed E-state index contributed by atoms with van der Waals surface area (Å²) in [5.74, 6) is -2.41. The molecule has 112 valence electrons. The maximum atomic E-state index is 13.1. The standard InChI is InChI=1S/C13H14F2N4OS/c1-3-19(2)13-18-11(16)10(21-13)12(20)17-7-4-5-8(14)9(15)6-7/h4-6H,3,16H2,1-2H3,(H,17,20). The van der Waals surface area contributed by atoms with Crippen LogP contribution >= 0.6 is 11.3 Å². The molecule has 2 aromatic rings. The molecule has 0 unspecified atom stereocenters. The zero-order valence-electron chi connectivity index (χ0n) is 11.5. The highest BCUT2D eigenvalue weighted by Crippen LogP contribution is 2.28. The highest BCUT2D eigenvalue weighted by molar-refractivity contribution is 7.18. The molecule has 0 spiro atoms. The summed E-state index contributed by atoms with van der Waals surface area (Å²) < 4.78 is 25.9. The summed E-state index contributed by atoms with van der Waals surface area (Å²) >= 11 is 1.14. The van der Waals surface area contributed by atoms with Crippen LogP contribution < -0.4 is 16.0 Å². The van der Waals surface area contributed by atoms with Crippen molar-refractivity contribution in [1.29, 1.82) is 0 Å². The number of nitrogen functional groups attached to an aromatic ring is 1. The predicted molar refractivity (Wildman–Crippen MR) is 79.8 cm³/mol. The van der Waals surface area contributed by atoms with Gasteiger partial charge in [0.05, 0.1) is 0 Å². The van der Waals surface area contributed by atoms with Crippen molar-refractivity contribution >= 4 is 33.9 Å². The van der Waals surface area contributed by atoms with Gasteiger partial charge in [-0.15, -0.1) is 0 Å². The Hall–Kier alpha value is -2.22. The van der Waals surface area contributed by atoms with Gasteiger partial charge in [-0.2, -0.15) is 0 Å². The first-order chi connectivity index (χ1) is 9.92. The number of rotatable bonds is 4. The molecular formula is C13H14F2N4OS. The highest BCUT2D eigenvalue weighted by Gasteiger charge is 2.18. The SMILES string of the molecule is CCN(C)c1nc(N)c(C(=O)Nc2ccc(F)c(F)c2)s1. The normalized spacial score (nSPS) is 10.5. The number of hydrogen-bond acceptors (Lipinski definition) is 5. The van der Waals surface area contributed by atoms with Crippen LogP contribution in [0, 0.1) is 11.6 Å². The monoisotopic (exact) mass is 312 g/mol. The number of carbonyl (C=O) groups is 1. The van der Waals surface area contributed by atoms with E-state index in [2.05, 4.69) is 10.3 Å². The Labute approximate surface area is 124 Å². The molecule has 0 saturated carbocycles. The van der Waals surface area contributed by atoms with E-state index in [-0.39, 0.29) is 16.4 Å². The summed E-state index contributed by atoms with van der Waals surface area (Å²) in [6, 6.07) is 3.12. The average molecular weight is 312 g/mol. The van der Waals surface area contributed by atoms with Crippen molar-refractivity contribution in [3.63, 3.8) is 0 Å². The Morgan fingerprint density at radius 1 is 1.43 bits per heavy atom. The van der Waals surface area contributed by atoms with E-state index >= 15 is 0 Å². The number of amides is 1. The lowest BCUT2D eigenvalue weighted by atomic mass is 10.3. The predicted octanol–water partition coefficient (Wildman–Crippen LogP) is 2.71. The molecule has 1 amide bonds. The lowest BCUT2D eigenvalue weighted by molar-refractivity contribution is 0.103. The summed E-state index contributed by atoms with van der Waals surface area (Å²) in [6.07, 6.45) is 0. The van der Waals surface area contributed by atoms with Gasteiger partial charge in [0.25, 0.3) is 5.91 Å². The molecule has 2 rings (SSSR count). The highest BCUT2D eigenvalue weighted by atomic mass is 32.1. The van der Waals surface area contributed by atoms with Crippen LogP contribution in [-0.2, 0) is 0 Å². The number of anilines is 3. The van der Waals surface area contributed by atoms with Crippen LogP contribution in [0.4, 0.5) is 25.4 Å². The lowest BCUT2D eigenvalue weighted by Gasteiger charge is -2.10. The summed E-state index contributed by atoms with van der Waals surface area (Å²) in [7, 11) is 1.83. The van der Waals surface area contributed by atoms with Gasteiger partial charge in [0.15, 0.2) is 16.8 Å². The molecule has 0 saturated heterocycles. The second-order valence-corrected chi connectivity index (χ2v) is 5.29. The lowest BCUT2D eigenvalue weighted by Crippen LogP contribution is -2.15. The largest absolute Gasteiger partial charge is 0.382 e. The van der Waals surface area contributed by atoms with E-state index in [0.29, 0.717) is 5.13 Å². The van der Waals surface area contributed by atoms with Crippen LogP contribution in [0.25, 0.3) is 0 Å². The molecular weight excluding hydrogens is 298 g/mol. The van der Waals surface area contributed by atoms with Gasteiger partial charge in [0, 0.05) is 25.3 Å². The summed E-state index contributed by atoms with van der Waals surface area (Å²) in [4.78, 5) is 18.3. The topological polar surface area (TPSA) is 71.2 Å². The van der Waals surface area contributed by atoms with Gasteiger partial charge < -0.3 is 16.0 Å². The van der Waals surface area contributed by atoms with Crippen LogP contribution in [0.2, 0.25) is 0 Å². The van der Waals surface area contributed by atoms with Gasteiger partial charge in [0.2, 0.25) is 0 Å². The van der Waals surface area contributed by atoms with Crippen molar-refractivity contribution in [2.45, 2.75) is 6.92 Å². The minimum atomic E-state index is -1.03. The van der Waals surface area contributed by atoms with Crippen molar-refractivity contribution in [3.05, 3.63) is 34.7 Å². The fourth-order valence-corrected chi connectivity index (χ4v) is 2.45. The Morgan fingerprint density at radius 2 is 2.14 bits per heavy atom. The van der Waals surface area contributed by atoms with E-state index in [0.717, 1.165) is 30.0 Å². The van der Waals surface area contributed by atoms with E-state index in [1.54, 1.807) is 0 Å². The number of carbonyl (C=O) groups excluding carboxylic acids is 1. The molecule has 0 bridgehead atoms. The second kappa shape index (κ2) is 6.04. The quantitative estimate of drug-likeness (QED) is 0.910. The molecule has 0 fully saturated rings. The number of benzene rings is 1. The van der Waals surface area contributed by atoms with Gasteiger partial charge in [-0.05, 0) is 19.1 Å². The summed E-state index contributed by atoms with van der Waals surface area (Å²) in [5.41, 5.74) is 5.87. The molecule has 0 radical (unpaired) electrons. The van der Waals surface area contributed by atoms with Crippen molar-refractivity contribution in [1.82, 2.24) is 4.98 Å². The Morgan fingerprint density at radius 3 is 2.76 bits per heavy atom. The van der Waals surface area contributed by atoms with E-state index < -0.39 is 17.5 Å². The van der Waals surface area contributed by atoms with Gasteiger partial charge in [-0.3, -0.25) is 4.79 Å². The third kappa shape index (κ3) is 3.27. The van der Waals surface area contributed by atoms with Gasteiger partial charge >= 0.3 is 0 Å². The Kier molecular flexibility index (Phi) is 4.37. The van der Waals surface area contributed by atoms with E-state index in [1.807, 2.05) is 18.9 Å². The third-order valence-electron chi connectivity index (χ3n) is 2.83. The summed E-state index contributed by atoms with van der Waals surface area (Å²) in [5, 5.41) is 3.08. The molecule has 0 aliphatic heterocycles. The van der Waals surface area contributed by atoms with E-state index in [1.165, 1.54) is 6.07 Å². The van der Waals surface area contributed by atoms with Crippen molar-refractivity contribution in [2.24, 2.45) is 0 Å². The van der Waals surface area contributed by atoms with Crippen LogP contribution in [0.15, 0.2) is 18.2 Å². The third-order valence-corrected chi connectivity index (χ3v) is 4.01. The van der Waals surface area contributed by atoms with Crippen LogP contribution in [0.3, 0.4) is 0 Å². The molecule has 1 heterocycles. The number of nitrogens with two attached hydrogens (primary N) is 1. The van der Waals surface area contributed by atoms with Crippen LogP contribution in [0.5, 0.6) is 0 Å². The number of aromatic nitrogens is 1. The van der Waals surface area contributed by atoms with Gasteiger partial charge in [-0.25, -0.2) is 13.8 Å². The number of nitrogens with zero attached hydrogens (tertiary/aromatic N) is 2. The van der Waals surface area contributed by atoms with E-state index in [9.17, 15) is 13.6 Å². The smallest absolute Gasteiger partial charge is 0.269 e. The van der Waals surface area contributed by atoms with Crippen molar-refractivity contribution in [3.8, 4) is 0 Å². The Bertz CT molecular complexity index is 674.